The van der Waals surface area contributed by atoms with Crippen molar-refractivity contribution in [2.75, 3.05) is 5.73 Å². The summed E-state index contributed by atoms with van der Waals surface area (Å²) < 4.78 is 0.868. The Labute approximate surface area is 152 Å². The largest absolute Gasteiger partial charge is 0.398 e. The molecule has 0 fully saturated rings. The highest BCUT2D eigenvalue weighted by molar-refractivity contribution is 9.11. The van der Waals surface area contributed by atoms with Gasteiger partial charge in [-0.25, -0.2) is 0 Å². The molecule has 2 N–H and O–H groups in total. The van der Waals surface area contributed by atoms with Crippen LogP contribution in [0.4, 0.5) is 5.69 Å². The van der Waals surface area contributed by atoms with E-state index in [2.05, 4.69) is 78.5 Å². The third-order valence-electron chi connectivity index (χ3n) is 3.85. The van der Waals surface area contributed by atoms with E-state index in [4.69, 9.17) is 5.73 Å². The third kappa shape index (κ3) is 3.95. The molecule has 122 valence electrons. The van der Waals surface area contributed by atoms with Crippen LogP contribution in [0.5, 0.6) is 0 Å². The smallest absolute Gasteiger partial charge is 0.0432 e. The fourth-order valence-electron chi connectivity index (χ4n) is 2.79. The van der Waals surface area contributed by atoms with Gasteiger partial charge in [-0.3, -0.25) is 0 Å². The topological polar surface area (TPSA) is 26.0 Å². The van der Waals surface area contributed by atoms with Gasteiger partial charge in [-0.2, -0.15) is 0 Å². The van der Waals surface area contributed by atoms with Crippen molar-refractivity contribution < 1.29 is 0 Å². The highest BCUT2D eigenvalue weighted by atomic mass is 79.9. The minimum atomic E-state index is 0.868. The number of aryl methyl sites for hydroxylation is 1. The molecule has 0 aliphatic heterocycles. The molecule has 0 radical (unpaired) electrons. The summed E-state index contributed by atoms with van der Waals surface area (Å²) in [6.45, 7) is 9.22. The maximum atomic E-state index is 6.30. The second-order valence-electron chi connectivity index (χ2n) is 5.38. The highest BCUT2D eigenvalue weighted by Crippen LogP contribution is 2.34. The van der Waals surface area contributed by atoms with Gasteiger partial charge in [0.1, 0.15) is 0 Å². The van der Waals surface area contributed by atoms with Crippen LogP contribution < -0.4 is 5.73 Å². The lowest BCUT2D eigenvalue weighted by Crippen LogP contribution is -1.96. The normalized spacial score (nSPS) is 10.6. The molecule has 24 heavy (non-hydrogen) atoms. The molecule has 2 heteroatoms. The van der Waals surface area contributed by atoms with E-state index in [-0.39, 0.29) is 0 Å². The van der Waals surface area contributed by atoms with E-state index in [1.165, 1.54) is 27.1 Å². The molecule has 0 saturated carbocycles. The number of hydrogen-bond donors (Lipinski definition) is 1. The van der Waals surface area contributed by atoms with Crippen molar-refractivity contribution in [3.63, 3.8) is 0 Å². The highest BCUT2D eigenvalue weighted by Gasteiger charge is 2.09. The van der Waals surface area contributed by atoms with Crippen LogP contribution in [0.25, 0.3) is 21.5 Å². The molecule has 0 heterocycles. The summed E-state index contributed by atoms with van der Waals surface area (Å²) in [6, 6.07) is 16.9. The van der Waals surface area contributed by atoms with Crippen LogP contribution in [0.15, 0.2) is 84.4 Å². The summed E-state index contributed by atoms with van der Waals surface area (Å²) >= 11 is 3.15. The van der Waals surface area contributed by atoms with E-state index in [1.54, 1.807) is 6.08 Å². The van der Waals surface area contributed by atoms with Crippen molar-refractivity contribution in [2.45, 2.75) is 13.3 Å². The molecule has 0 atom stereocenters. The quantitative estimate of drug-likeness (QED) is 0.303. The van der Waals surface area contributed by atoms with Gasteiger partial charge in [0.2, 0.25) is 0 Å². The first-order valence-electron chi connectivity index (χ1n) is 7.91. The van der Waals surface area contributed by atoms with Crippen LogP contribution in [0.1, 0.15) is 12.5 Å². The lowest BCUT2D eigenvalue weighted by Gasteiger charge is -2.13. The number of nitrogen functional groups attached to an aromatic ring is 1. The second-order valence-corrected chi connectivity index (χ2v) is 6.40. The van der Waals surface area contributed by atoms with Crippen molar-refractivity contribution in [3.8, 4) is 0 Å². The Morgan fingerprint density at radius 1 is 1.00 bits per heavy atom. The number of rotatable bonds is 3. The molecule has 3 aromatic carbocycles. The summed E-state index contributed by atoms with van der Waals surface area (Å²) in [6.07, 6.45) is 6.31. The van der Waals surface area contributed by atoms with E-state index >= 15 is 0 Å². The van der Waals surface area contributed by atoms with Gasteiger partial charge in [0.15, 0.2) is 0 Å². The lowest BCUT2D eigenvalue weighted by atomic mass is 9.94. The number of halogens is 1. The fourth-order valence-corrected chi connectivity index (χ4v) is 2.95. The molecular weight excluding hydrogens is 358 g/mol. The number of benzene rings is 3. The minimum absolute atomic E-state index is 0.868. The Bertz CT molecular complexity index is 906. The van der Waals surface area contributed by atoms with Crippen molar-refractivity contribution in [2.24, 2.45) is 0 Å². The van der Waals surface area contributed by atoms with Gasteiger partial charge in [-0.05, 0) is 34.2 Å². The Hall–Kier alpha value is -2.32. The summed E-state index contributed by atoms with van der Waals surface area (Å²) in [5, 5.41) is 5.00. The number of anilines is 1. The van der Waals surface area contributed by atoms with Gasteiger partial charge < -0.3 is 5.73 Å². The van der Waals surface area contributed by atoms with Gasteiger partial charge in [-0.15, -0.1) is 0 Å². The first-order chi connectivity index (χ1) is 11.6. The molecule has 0 unspecified atom stereocenters. The molecular formula is C22H22BrN. The average molecular weight is 380 g/mol. The molecule has 0 bridgehead atoms. The van der Waals surface area contributed by atoms with Crippen molar-refractivity contribution in [1.29, 1.82) is 0 Å². The zero-order valence-electron chi connectivity index (χ0n) is 13.9. The van der Waals surface area contributed by atoms with Crippen molar-refractivity contribution >= 4 is 43.2 Å². The Morgan fingerprint density at radius 2 is 1.50 bits per heavy atom. The molecule has 3 rings (SSSR count). The maximum Gasteiger partial charge on any atom is 0.0432 e. The average Bonchev–Trinajstić information content (AvgIpc) is 2.61. The number of nitrogens with two attached hydrogens (primary N) is 1. The molecule has 0 aromatic heterocycles. The standard InChI is InChI=1S/C16H15N.C6H7Br/c1-2-11-12-7-3-4-8-13(12)14-9-5-6-10-15(14)16(11)17;1-3-4-5-6(2)7/h3-10H,2,17H2,1H3;3-5H,1-2H2/b;5-4-. The maximum absolute atomic E-state index is 6.30. The first-order valence-corrected chi connectivity index (χ1v) is 8.70. The van der Waals surface area contributed by atoms with E-state index in [1.807, 2.05) is 18.2 Å². The summed E-state index contributed by atoms with van der Waals surface area (Å²) in [7, 11) is 0. The van der Waals surface area contributed by atoms with Crippen molar-refractivity contribution in [3.05, 3.63) is 90.0 Å². The third-order valence-corrected chi connectivity index (χ3v) is 4.12. The van der Waals surface area contributed by atoms with Gasteiger partial charge >= 0.3 is 0 Å². The van der Waals surface area contributed by atoms with Crippen LogP contribution >= 0.6 is 15.9 Å². The van der Waals surface area contributed by atoms with E-state index < -0.39 is 0 Å². The van der Waals surface area contributed by atoms with Gasteiger partial charge in [-0.1, -0.05) is 96.7 Å². The second kappa shape index (κ2) is 8.51. The van der Waals surface area contributed by atoms with Crippen molar-refractivity contribution in [1.82, 2.24) is 0 Å². The predicted octanol–water partition coefficient (Wildman–Crippen LogP) is 6.77. The van der Waals surface area contributed by atoms with E-state index in [9.17, 15) is 0 Å². The summed E-state index contributed by atoms with van der Waals surface area (Å²) in [5.41, 5.74) is 8.49. The number of hydrogen-bond acceptors (Lipinski definition) is 1. The summed E-state index contributed by atoms with van der Waals surface area (Å²) in [5.74, 6) is 0. The van der Waals surface area contributed by atoms with Crippen LogP contribution in [0.2, 0.25) is 0 Å². The van der Waals surface area contributed by atoms with Crippen LogP contribution in [-0.2, 0) is 6.42 Å². The Kier molecular flexibility index (Phi) is 6.39. The van der Waals surface area contributed by atoms with Gasteiger partial charge in [0.25, 0.3) is 0 Å². The molecule has 0 spiro atoms. The van der Waals surface area contributed by atoms with Crippen LogP contribution in [-0.4, -0.2) is 0 Å². The molecule has 0 aliphatic carbocycles. The Balaban J connectivity index is 0.000000256. The zero-order chi connectivity index (χ0) is 17.5. The monoisotopic (exact) mass is 379 g/mol. The van der Waals surface area contributed by atoms with Gasteiger partial charge in [0, 0.05) is 15.6 Å². The Morgan fingerprint density at radius 3 is 1.96 bits per heavy atom. The molecule has 3 aromatic rings. The molecule has 0 aliphatic rings. The SMILES string of the molecule is C=C/C=C\C(=C)Br.CCc1c(N)c2ccccc2c2ccccc12. The molecule has 0 saturated heterocycles. The van der Waals surface area contributed by atoms with Crippen LogP contribution in [0, 0.1) is 0 Å². The number of allylic oxidation sites excluding steroid dienone is 4. The summed E-state index contributed by atoms with van der Waals surface area (Å²) in [4.78, 5) is 0. The zero-order valence-corrected chi connectivity index (χ0v) is 15.5. The van der Waals surface area contributed by atoms with E-state index in [0.717, 1.165) is 16.6 Å². The molecule has 1 nitrogen and oxygen atoms in total. The molecule has 0 amide bonds. The fraction of sp³-hybridized carbons (Fsp3) is 0.0909. The lowest BCUT2D eigenvalue weighted by molar-refractivity contribution is 1.17. The number of fused-ring (bicyclic) bond motifs is 3. The van der Waals surface area contributed by atoms with E-state index in [0.29, 0.717) is 0 Å². The minimum Gasteiger partial charge on any atom is -0.398 e. The van der Waals surface area contributed by atoms with Crippen LogP contribution in [0.3, 0.4) is 0 Å². The predicted molar refractivity (Wildman–Crippen MR) is 113 cm³/mol. The van der Waals surface area contributed by atoms with Gasteiger partial charge in [0.05, 0.1) is 0 Å². The first kappa shape index (κ1) is 18.0.